The van der Waals surface area contributed by atoms with E-state index in [-0.39, 0.29) is 48.3 Å². The van der Waals surface area contributed by atoms with E-state index in [4.69, 9.17) is 18.9 Å². The highest BCUT2D eigenvalue weighted by Gasteiger charge is 2.35. The Bertz CT molecular complexity index is 1690. The van der Waals surface area contributed by atoms with Gasteiger partial charge in [0.15, 0.2) is 0 Å². The molecule has 1 N–H and O–H groups in total. The molecule has 2 heterocycles. The molecule has 56 heavy (non-hydrogen) atoms. The molecule has 4 aromatic rings. The largest absolute Gasteiger partial charge is 0.492 e. The molecular formula is C42H50BrClF6N2O4. The van der Waals surface area contributed by atoms with E-state index in [0.29, 0.717) is 11.9 Å². The molecule has 2 fully saturated rings. The van der Waals surface area contributed by atoms with E-state index in [1.54, 1.807) is 6.07 Å². The highest BCUT2D eigenvalue weighted by molar-refractivity contribution is 9.09. The smallest absolute Gasteiger partial charge is 0.419 e. The van der Waals surface area contributed by atoms with Crippen molar-refractivity contribution in [2.24, 2.45) is 0 Å². The van der Waals surface area contributed by atoms with Gasteiger partial charge >= 0.3 is 12.4 Å². The van der Waals surface area contributed by atoms with Crippen LogP contribution in [-0.4, -0.2) is 67.4 Å². The van der Waals surface area contributed by atoms with E-state index in [1.165, 1.54) is 30.3 Å². The Morgan fingerprint density at radius 3 is 1.41 bits per heavy atom. The predicted molar refractivity (Wildman–Crippen MR) is 214 cm³/mol. The summed E-state index contributed by atoms with van der Waals surface area (Å²) < 4.78 is 98.6. The maximum Gasteiger partial charge on any atom is 0.419 e. The van der Waals surface area contributed by atoms with Crippen molar-refractivity contribution in [3.63, 3.8) is 0 Å². The fraction of sp³-hybridized carbons (Fsp3) is 0.429. The van der Waals surface area contributed by atoms with Crippen LogP contribution in [0.3, 0.4) is 0 Å². The summed E-state index contributed by atoms with van der Waals surface area (Å²) in [5.41, 5.74) is -1.66. The molecule has 0 bridgehead atoms. The molecule has 0 atom stereocenters. The van der Waals surface area contributed by atoms with Crippen LogP contribution < -0.4 is 24.3 Å². The maximum absolute atomic E-state index is 13.0. The third-order valence-corrected chi connectivity index (χ3v) is 9.50. The minimum Gasteiger partial charge on any atom is -0.492 e. The summed E-state index contributed by atoms with van der Waals surface area (Å²) in [6, 6.07) is 30.3. The first-order valence-electron chi connectivity index (χ1n) is 18.2. The highest BCUT2D eigenvalue weighted by Crippen LogP contribution is 2.37. The Labute approximate surface area is 340 Å². The number of nitrogens with one attached hydrogen (secondary N) is 1. The van der Waals surface area contributed by atoms with Crippen LogP contribution in [0.2, 0.25) is 0 Å². The van der Waals surface area contributed by atoms with Crippen LogP contribution in [0.1, 0.15) is 50.7 Å². The topological polar surface area (TPSA) is 52.2 Å². The van der Waals surface area contributed by atoms with Gasteiger partial charge < -0.3 is 24.3 Å². The third kappa shape index (κ3) is 15.7. The Hall–Kier alpha value is -3.65. The lowest BCUT2D eigenvalue weighted by Crippen LogP contribution is -2.47. The molecule has 0 aromatic heterocycles. The first-order valence-corrected chi connectivity index (χ1v) is 19.4. The number of piperidine rings is 2. The van der Waals surface area contributed by atoms with Gasteiger partial charge in [0.1, 0.15) is 40.8 Å². The van der Waals surface area contributed by atoms with Gasteiger partial charge in [-0.05, 0) is 101 Å². The fourth-order valence-corrected chi connectivity index (χ4v) is 6.20. The Balaban J connectivity index is 0.000000245. The summed E-state index contributed by atoms with van der Waals surface area (Å²) in [4.78, 5) is 2.20. The number of hydrogen-bond acceptors (Lipinski definition) is 6. The molecule has 2 saturated heterocycles. The highest BCUT2D eigenvalue weighted by atomic mass is 79.9. The summed E-state index contributed by atoms with van der Waals surface area (Å²) >= 11 is 3.08. The van der Waals surface area contributed by atoms with E-state index in [2.05, 4.69) is 40.0 Å². The number of ether oxygens (including phenoxy) is 4. The molecule has 308 valence electrons. The average Bonchev–Trinajstić information content (AvgIpc) is 3.16. The molecule has 14 heteroatoms. The summed E-state index contributed by atoms with van der Waals surface area (Å²) in [6.45, 7) is 9.10. The van der Waals surface area contributed by atoms with Crippen molar-refractivity contribution in [3.8, 4) is 23.0 Å². The second kappa shape index (κ2) is 22.3. The number of nitrogens with zero attached hydrogens (tertiary/aromatic N) is 1. The number of alkyl halides is 7. The van der Waals surface area contributed by atoms with Crippen LogP contribution in [0.5, 0.6) is 23.0 Å². The van der Waals surface area contributed by atoms with Crippen molar-refractivity contribution in [1.82, 2.24) is 10.2 Å². The minimum atomic E-state index is -4.40. The van der Waals surface area contributed by atoms with E-state index >= 15 is 0 Å². The Kier molecular flexibility index (Phi) is 18.6. The van der Waals surface area contributed by atoms with Gasteiger partial charge in [0.2, 0.25) is 0 Å². The van der Waals surface area contributed by atoms with Crippen molar-refractivity contribution in [2.75, 3.05) is 51.3 Å². The number of benzene rings is 4. The molecule has 0 radical (unpaired) electrons. The fourth-order valence-electron chi connectivity index (χ4n) is 6.04. The number of hydrogen-bond donors (Lipinski definition) is 1. The molecule has 6 nitrogen and oxygen atoms in total. The zero-order valence-electron chi connectivity index (χ0n) is 31.5. The summed E-state index contributed by atoms with van der Waals surface area (Å²) in [7, 11) is 0. The molecule has 4 aromatic carbocycles. The Morgan fingerprint density at radius 2 is 0.982 bits per heavy atom. The normalized spacial score (nSPS) is 16.4. The number of rotatable bonds is 11. The maximum atomic E-state index is 13.0. The van der Waals surface area contributed by atoms with Crippen LogP contribution in [0, 0.1) is 0 Å². The molecule has 0 amide bonds. The van der Waals surface area contributed by atoms with Gasteiger partial charge in [-0.25, -0.2) is 0 Å². The van der Waals surface area contributed by atoms with Crippen LogP contribution in [0.25, 0.3) is 0 Å². The van der Waals surface area contributed by atoms with Crippen molar-refractivity contribution >= 4 is 28.3 Å². The standard InChI is InChI=1S/C21H24F3NO2.C12H17NO.C9H8BrF3O.ClH/c1-20(27-17-7-3-2-4-8-17)11-13-25(14-12-20)15-16-26-19-10-6-5-9-18(19)21(22,23)24;1-12(7-9-13-10-8-12)14-11-5-3-2-4-6-11;10-5-6-14-8-4-2-1-3-7(8)9(11,12)13;/h2-10H,11-16H2,1H3;2-6,13H,7-10H2,1H3;1-4H,5-6H2;1H. The van der Waals surface area contributed by atoms with Crippen LogP contribution in [-0.2, 0) is 12.4 Å². The van der Waals surface area contributed by atoms with Crippen molar-refractivity contribution < 1.29 is 45.3 Å². The number of likely N-dealkylation sites (tertiary alicyclic amines) is 1. The molecule has 0 aliphatic carbocycles. The van der Waals surface area contributed by atoms with Crippen molar-refractivity contribution in [1.29, 1.82) is 0 Å². The zero-order valence-corrected chi connectivity index (χ0v) is 33.9. The van der Waals surface area contributed by atoms with E-state index in [1.807, 2.05) is 60.7 Å². The van der Waals surface area contributed by atoms with Gasteiger partial charge in [-0.1, -0.05) is 76.6 Å². The average molecular weight is 876 g/mol. The lowest BCUT2D eigenvalue weighted by atomic mass is 9.93. The van der Waals surface area contributed by atoms with Gasteiger partial charge in [-0.2, -0.15) is 26.3 Å². The van der Waals surface area contributed by atoms with E-state index in [9.17, 15) is 26.3 Å². The van der Waals surface area contributed by atoms with Crippen molar-refractivity contribution in [2.45, 2.75) is 63.1 Å². The number of para-hydroxylation sites is 4. The van der Waals surface area contributed by atoms with Gasteiger partial charge in [0.05, 0.1) is 17.7 Å². The van der Waals surface area contributed by atoms with Gasteiger partial charge in [-0.15, -0.1) is 12.4 Å². The van der Waals surface area contributed by atoms with Crippen LogP contribution in [0.15, 0.2) is 109 Å². The minimum absolute atomic E-state index is 0. The molecule has 0 unspecified atom stereocenters. The SMILES string of the molecule is CC1(Oc2ccccc2)CCN(CCOc2ccccc2C(F)(F)F)CC1.CC1(Oc2ccccc2)CCNCC1.Cl.FC(F)(F)c1ccccc1OCCBr. The second-order valence-electron chi connectivity index (χ2n) is 13.7. The van der Waals surface area contributed by atoms with Gasteiger partial charge in [0, 0.05) is 25.0 Å². The summed E-state index contributed by atoms with van der Waals surface area (Å²) in [5.74, 6) is 1.61. The predicted octanol–water partition coefficient (Wildman–Crippen LogP) is 11.1. The molecule has 6 rings (SSSR count). The van der Waals surface area contributed by atoms with Gasteiger partial charge in [-0.3, -0.25) is 4.90 Å². The lowest BCUT2D eigenvalue weighted by Gasteiger charge is -2.39. The van der Waals surface area contributed by atoms with Crippen LogP contribution in [0.4, 0.5) is 26.3 Å². The summed E-state index contributed by atoms with van der Waals surface area (Å²) in [6.07, 6.45) is -4.87. The Morgan fingerprint density at radius 1 is 0.589 bits per heavy atom. The molecular weight excluding hydrogens is 826 g/mol. The number of halogens is 8. The first kappa shape index (κ1) is 46.7. The summed E-state index contributed by atoms with van der Waals surface area (Å²) in [5, 5.41) is 3.84. The van der Waals surface area contributed by atoms with Crippen LogP contribution >= 0.6 is 28.3 Å². The molecule has 2 aliphatic rings. The van der Waals surface area contributed by atoms with E-state index < -0.39 is 23.5 Å². The molecule has 2 aliphatic heterocycles. The zero-order chi connectivity index (χ0) is 39.8. The molecule has 0 spiro atoms. The molecule has 0 saturated carbocycles. The third-order valence-electron chi connectivity index (χ3n) is 9.17. The van der Waals surface area contributed by atoms with Gasteiger partial charge in [0.25, 0.3) is 0 Å². The quantitative estimate of drug-likeness (QED) is 0.120. The second-order valence-corrected chi connectivity index (χ2v) is 14.5. The monoisotopic (exact) mass is 874 g/mol. The lowest BCUT2D eigenvalue weighted by molar-refractivity contribution is -0.139. The van der Waals surface area contributed by atoms with Crippen molar-refractivity contribution in [3.05, 3.63) is 120 Å². The first-order chi connectivity index (χ1) is 26.2. The van der Waals surface area contributed by atoms with E-state index in [0.717, 1.165) is 75.5 Å².